The van der Waals surface area contributed by atoms with Crippen molar-refractivity contribution in [1.29, 1.82) is 0 Å². The minimum Gasteiger partial charge on any atom is -0.534 e. The SMILES string of the molecule is O=C([O-])Cl.O=C([O-])Cl.O=C([O-])Cl.O=C([O-])Cl.[Ti+4]. The summed E-state index contributed by atoms with van der Waals surface area (Å²) in [6, 6.07) is 0. The van der Waals surface area contributed by atoms with Gasteiger partial charge in [0, 0.05) is 0 Å². The van der Waals surface area contributed by atoms with Gasteiger partial charge in [-0.25, -0.2) is 0 Å². The van der Waals surface area contributed by atoms with Crippen LogP contribution in [0.2, 0.25) is 0 Å². The molecule has 0 bridgehead atoms. The Bertz CT molecular complexity index is 170. The fourth-order valence-electron chi connectivity index (χ4n) is 0. The third kappa shape index (κ3) is 49400. The Kier molecular flexibility index (Phi) is 43.9. The molecule has 0 spiro atoms. The van der Waals surface area contributed by atoms with Gasteiger partial charge in [0.25, 0.3) is 0 Å². The van der Waals surface area contributed by atoms with Crippen LogP contribution in [0.3, 0.4) is 0 Å². The summed E-state index contributed by atoms with van der Waals surface area (Å²) in [6.45, 7) is 0. The maximum atomic E-state index is 8.65. The zero-order valence-corrected chi connectivity index (χ0v) is 11.9. The Morgan fingerprint density at radius 1 is 0.529 bits per heavy atom. The van der Waals surface area contributed by atoms with Crippen molar-refractivity contribution in [3.63, 3.8) is 0 Å². The summed E-state index contributed by atoms with van der Waals surface area (Å²) in [5, 5.41) is 34.6. The van der Waals surface area contributed by atoms with Gasteiger partial charge in [0.05, 0.1) is 0 Å². The second kappa shape index (κ2) is 24.8. The first-order chi connectivity index (χ1) is 6.93. The molecule has 8 nitrogen and oxygen atoms in total. The summed E-state index contributed by atoms with van der Waals surface area (Å²) < 4.78 is 0. The van der Waals surface area contributed by atoms with Crippen molar-refractivity contribution in [2.24, 2.45) is 0 Å². The molecule has 0 aromatic heterocycles. The van der Waals surface area contributed by atoms with Crippen LogP contribution in [0.4, 0.5) is 19.2 Å². The molecule has 0 N–H and O–H groups in total. The second-order valence-corrected chi connectivity index (χ2v) is 2.18. The van der Waals surface area contributed by atoms with Gasteiger partial charge in [-0.2, -0.15) is 0 Å². The van der Waals surface area contributed by atoms with Gasteiger partial charge in [-0.3, -0.25) is 0 Å². The van der Waals surface area contributed by atoms with E-state index in [1.54, 1.807) is 0 Å². The number of hydrogen-bond acceptors (Lipinski definition) is 8. The molecule has 0 saturated heterocycles. The molecule has 0 fully saturated rings. The first-order valence-electron chi connectivity index (χ1n) is 2.39. The molecule has 0 heterocycles. The molecule has 13 heteroatoms. The van der Waals surface area contributed by atoms with Gasteiger partial charge in [0.2, 0.25) is 0 Å². The monoisotopic (exact) mass is 364 g/mol. The molecule has 0 rings (SSSR count). The van der Waals surface area contributed by atoms with Gasteiger partial charge in [-0.05, 0) is 0 Å². The molecule has 0 aromatic rings. The first kappa shape index (κ1) is 30.1. The molecule has 96 valence electrons. The summed E-state index contributed by atoms with van der Waals surface area (Å²) in [7, 11) is 0. The third-order valence-electron chi connectivity index (χ3n) is 0. The molecule has 0 aliphatic heterocycles. The van der Waals surface area contributed by atoms with Crippen molar-refractivity contribution in [3.05, 3.63) is 0 Å². The average Bonchev–Trinajstić information content (AvgIpc) is 1.76. The van der Waals surface area contributed by atoms with E-state index in [-0.39, 0.29) is 21.7 Å². The van der Waals surface area contributed by atoms with E-state index in [1.165, 1.54) is 0 Å². The van der Waals surface area contributed by atoms with Crippen molar-refractivity contribution >= 4 is 68.1 Å². The molecule has 0 aliphatic rings. The second-order valence-electron chi connectivity index (χ2n) is 0.951. The maximum Gasteiger partial charge on any atom is 4.00 e. The Morgan fingerprint density at radius 2 is 0.529 bits per heavy atom. The van der Waals surface area contributed by atoms with Gasteiger partial charge < -0.3 is 39.6 Å². The fourth-order valence-corrected chi connectivity index (χ4v) is 0. The molecule has 0 amide bonds. The molecule has 0 aromatic carbocycles. The van der Waals surface area contributed by atoms with Crippen LogP contribution in [0.5, 0.6) is 0 Å². The van der Waals surface area contributed by atoms with Crippen LogP contribution < -0.4 is 20.4 Å². The van der Waals surface area contributed by atoms with Gasteiger partial charge in [0.15, 0.2) is 0 Å². The molecule has 0 unspecified atom stereocenters. The topological polar surface area (TPSA) is 161 Å². The third-order valence-corrected chi connectivity index (χ3v) is 0. The molecule has 0 atom stereocenters. The van der Waals surface area contributed by atoms with Gasteiger partial charge in [0.1, 0.15) is 21.7 Å². The average molecular weight is 366 g/mol. The quantitative estimate of drug-likeness (QED) is 0.361. The number of hydrogen-bond donors (Lipinski definition) is 0. The summed E-state index contributed by atoms with van der Waals surface area (Å²) in [5.74, 6) is 0. The number of halogens is 4. The van der Waals surface area contributed by atoms with Crippen LogP contribution in [0.25, 0.3) is 0 Å². The van der Waals surface area contributed by atoms with E-state index in [0.717, 1.165) is 0 Å². The smallest absolute Gasteiger partial charge is 0.534 e. The summed E-state index contributed by atoms with van der Waals surface area (Å²) in [6.07, 6.45) is 0. The Hall–Kier alpha value is -0.246. The zero-order valence-electron chi connectivity index (χ0n) is 7.28. The summed E-state index contributed by atoms with van der Waals surface area (Å²) in [5.41, 5.74) is -6.44. The van der Waals surface area contributed by atoms with Gasteiger partial charge in [-0.15, -0.1) is 0 Å². The molecular weight excluding hydrogens is 366 g/mol. The van der Waals surface area contributed by atoms with Gasteiger partial charge in [-0.1, -0.05) is 46.4 Å². The first-order valence-corrected chi connectivity index (χ1v) is 3.90. The van der Waals surface area contributed by atoms with E-state index in [4.69, 9.17) is 39.6 Å². The van der Waals surface area contributed by atoms with Crippen LogP contribution in [0, 0.1) is 0 Å². The molecule has 0 aliphatic carbocycles. The van der Waals surface area contributed by atoms with E-state index >= 15 is 0 Å². The van der Waals surface area contributed by atoms with Crippen LogP contribution in [0.15, 0.2) is 0 Å². The van der Waals surface area contributed by atoms with Gasteiger partial charge >= 0.3 is 21.7 Å². The van der Waals surface area contributed by atoms with E-state index in [2.05, 4.69) is 46.4 Å². The summed E-state index contributed by atoms with van der Waals surface area (Å²) in [4.78, 5) is 34.6. The minimum atomic E-state index is -1.61. The number of rotatable bonds is 0. The number of carbonyl (C=O) groups excluding carboxylic acids is 4. The van der Waals surface area contributed by atoms with Crippen LogP contribution in [0.1, 0.15) is 0 Å². The zero-order chi connectivity index (χ0) is 14.3. The molecule has 0 saturated carbocycles. The largest absolute Gasteiger partial charge is 4.00 e. The standard InChI is InChI=1S/4CHClO2.Ti/c4*2-1(3)4;/h4*(H,3,4);/q;;;;+4/p-4. The number of carbonyl (C=O) groups is 4. The number of carboxylic acid groups (broad SMARTS) is 4. The van der Waals surface area contributed by atoms with E-state index in [9.17, 15) is 0 Å². The minimum absolute atomic E-state index is 0. The predicted octanol–water partition coefficient (Wildman–Crippen LogP) is -1.73. The van der Waals surface area contributed by atoms with Crippen molar-refractivity contribution in [1.82, 2.24) is 0 Å². The van der Waals surface area contributed by atoms with Crippen LogP contribution in [-0.4, -0.2) is 21.7 Å². The van der Waals surface area contributed by atoms with Crippen molar-refractivity contribution < 1.29 is 61.3 Å². The Labute approximate surface area is 129 Å². The molecule has 17 heavy (non-hydrogen) atoms. The maximum absolute atomic E-state index is 8.65. The fraction of sp³-hybridized carbons (Fsp3) is 0. The van der Waals surface area contributed by atoms with Crippen molar-refractivity contribution in [2.75, 3.05) is 0 Å². The Balaban J connectivity index is -0.0000000369. The Morgan fingerprint density at radius 3 is 0.529 bits per heavy atom. The summed E-state index contributed by atoms with van der Waals surface area (Å²) >= 11 is 16.3. The van der Waals surface area contributed by atoms with Crippen LogP contribution in [-0.2, 0) is 21.7 Å². The van der Waals surface area contributed by atoms with E-state index in [1.807, 2.05) is 0 Å². The molecule has 0 radical (unpaired) electrons. The van der Waals surface area contributed by atoms with E-state index in [0.29, 0.717) is 0 Å². The predicted molar refractivity (Wildman–Crippen MR) is 45.0 cm³/mol. The van der Waals surface area contributed by atoms with Crippen molar-refractivity contribution in [2.45, 2.75) is 0 Å². The normalized spacial score (nSPS) is 5.88. The van der Waals surface area contributed by atoms with Crippen LogP contribution >= 0.6 is 46.4 Å². The van der Waals surface area contributed by atoms with Crippen molar-refractivity contribution in [3.8, 4) is 0 Å². The molecular formula is C4Cl4O8Ti. The van der Waals surface area contributed by atoms with E-state index < -0.39 is 21.7 Å².